The van der Waals surface area contributed by atoms with Gasteiger partial charge in [-0.3, -0.25) is 14.1 Å². The fraction of sp³-hybridized carbons (Fsp3) is 0.450. The molecule has 2 amide bonds. The van der Waals surface area contributed by atoms with Crippen LogP contribution in [-0.4, -0.2) is 43.1 Å². The largest absolute Gasteiger partial charge is 0.453 e. The van der Waals surface area contributed by atoms with E-state index in [-0.39, 0.29) is 11.6 Å². The lowest BCUT2D eigenvalue weighted by molar-refractivity contribution is -0.123. The van der Waals surface area contributed by atoms with Crippen LogP contribution in [0.25, 0.3) is 0 Å². The molecule has 0 spiro atoms. The molecular formula is C20H26N4O6S2. The Hall–Kier alpha value is -2.70. The average Bonchev–Trinajstić information content (AvgIpc) is 3.48. The van der Waals surface area contributed by atoms with Gasteiger partial charge < -0.3 is 15.4 Å². The first-order valence-corrected chi connectivity index (χ1v) is 12.4. The Morgan fingerprint density at radius 3 is 2.50 bits per heavy atom. The molecule has 1 aromatic carbocycles. The Labute approximate surface area is 190 Å². The molecule has 1 heterocycles. The summed E-state index contributed by atoms with van der Waals surface area (Å²) < 4.78 is 37.4. The number of nitrogens with zero attached hydrogens (tertiary/aromatic N) is 1. The van der Waals surface area contributed by atoms with Gasteiger partial charge in [-0.2, -0.15) is 8.42 Å². The highest BCUT2D eigenvalue weighted by Crippen LogP contribution is 2.42. The number of alkyl carbamates (subject to hydrolysis) is 1. The van der Waals surface area contributed by atoms with E-state index in [1.165, 1.54) is 19.2 Å². The SMILES string of the molecule is CC[C@H](NC(=O)OC)C(=O)N[C@@H](Cc1ccc(NS(=O)(=O)O)cc1)c1csc(C2CC2)n1. The maximum atomic E-state index is 12.9. The van der Waals surface area contributed by atoms with E-state index in [1.807, 2.05) is 10.1 Å². The summed E-state index contributed by atoms with van der Waals surface area (Å²) in [7, 11) is -3.12. The Morgan fingerprint density at radius 1 is 1.25 bits per heavy atom. The van der Waals surface area contributed by atoms with Crippen LogP contribution in [0.3, 0.4) is 0 Å². The molecule has 2 atom stereocenters. The molecule has 2 aromatic rings. The zero-order chi connectivity index (χ0) is 23.3. The van der Waals surface area contributed by atoms with Gasteiger partial charge in [0.2, 0.25) is 5.91 Å². The third-order valence-electron chi connectivity index (χ3n) is 4.98. The first-order valence-electron chi connectivity index (χ1n) is 10.1. The Kier molecular flexibility index (Phi) is 7.69. The molecule has 0 bridgehead atoms. The lowest BCUT2D eigenvalue weighted by Crippen LogP contribution is -2.47. The molecule has 12 heteroatoms. The van der Waals surface area contributed by atoms with E-state index in [9.17, 15) is 18.0 Å². The minimum atomic E-state index is -4.36. The van der Waals surface area contributed by atoms with E-state index in [2.05, 4.69) is 15.4 Å². The Bertz CT molecular complexity index is 1050. The lowest BCUT2D eigenvalue weighted by atomic mass is 10.0. The van der Waals surface area contributed by atoms with Crippen molar-refractivity contribution in [1.82, 2.24) is 15.6 Å². The molecule has 1 aliphatic rings. The predicted octanol–water partition coefficient (Wildman–Crippen LogP) is 2.77. The molecule has 0 radical (unpaired) electrons. The van der Waals surface area contributed by atoms with Gasteiger partial charge in [-0.15, -0.1) is 11.3 Å². The molecule has 1 fully saturated rings. The molecule has 1 aliphatic carbocycles. The summed E-state index contributed by atoms with van der Waals surface area (Å²) >= 11 is 1.57. The predicted molar refractivity (Wildman–Crippen MR) is 120 cm³/mol. The summed E-state index contributed by atoms with van der Waals surface area (Å²) in [5.74, 6) is 0.133. The summed E-state index contributed by atoms with van der Waals surface area (Å²) in [6.45, 7) is 1.78. The molecule has 10 nitrogen and oxygen atoms in total. The number of anilines is 1. The van der Waals surface area contributed by atoms with Gasteiger partial charge in [0.25, 0.3) is 0 Å². The van der Waals surface area contributed by atoms with Crippen LogP contribution in [0.15, 0.2) is 29.6 Å². The zero-order valence-corrected chi connectivity index (χ0v) is 19.3. The molecule has 174 valence electrons. The third kappa shape index (κ3) is 6.90. The Morgan fingerprint density at radius 2 is 1.94 bits per heavy atom. The van der Waals surface area contributed by atoms with E-state index in [1.54, 1.807) is 30.4 Å². The van der Waals surface area contributed by atoms with E-state index in [4.69, 9.17) is 9.54 Å². The molecular weight excluding hydrogens is 456 g/mol. The summed E-state index contributed by atoms with van der Waals surface area (Å²) in [6, 6.07) is 5.24. The average molecular weight is 483 g/mol. The van der Waals surface area contributed by atoms with Gasteiger partial charge in [-0.25, -0.2) is 9.78 Å². The first kappa shape index (κ1) is 24.0. The number of thiazole rings is 1. The normalized spacial score (nSPS) is 15.5. The smallest absolute Gasteiger partial charge is 0.407 e. The van der Waals surface area contributed by atoms with Crippen molar-refractivity contribution >= 4 is 39.3 Å². The monoisotopic (exact) mass is 482 g/mol. The molecule has 4 N–H and O–H groups in total. The van der Waals surface area contributed by atoms with Gasteiger partial charge in [0.05, 0.1) is 29.5 Å². The van der Waals surface area contributed by atoms with Gasteiger partial charge in [-0.1, -0.05) is 19.1 Å². The fourth-order valence-electron chi connectivity index (χ4n) is 3.13. The summed E-state index contributed by atoms with van der Waals surface area (Å²) in [4.78, 5) is 29.1. The number of aromatic nitrogens is 1. The number of methoxy groups -OCH3 is 1. The standard InChI is InChI=1S/C20H26N4O6S2/c1-3-15(23-20(26)30-2)18(25)21-16(17-11-31-19(22-17)13-6-7-13)10-12-4-8-14(9-5-12)24-32(27,28)29/h4-5,8-9,11,13,15-16,24H,3,6-7,10H2,1-2H3,(H,21,25)(H,23,26)(H,27,28,29)/t15-,16-/m0/s1. The van der Waals surface area contributed by atoms with Crippen LogP contribution in [0.5, 0.6) is 0 Å². The van der Waals surface area contributed by atoms with Crippen LogP contribution < -0.4 is 15.4 Å². The maximum absolute atomic E-state index is 12.9. The zero-order valence-electron chi connectivity index (χ0n) is 17.7. The van der Waals surface area contributed by atoms with Crippen molar-refractivity contribution in [3.8, 4) is 0 Å². The first-order chi connectivity index (χ1) is 15.2. The van der Waals surface area contributed by atoms with Gasteiger partial charge in [0.15, 0.2) is 0 Å². The third-order valence-corrected chi connectivity index (χ3v) is 6.50. The van der Waals surface area contributed by atoms with Gasteiger partial charge >= 0.3 is 16.4 Å². The fourth-order valence-corrected chi connectivity index (χ4v) is 4.61. The van der Waals surface area contributed by atoms with Crippen LogP contribution in [0, 0.1) is 0 Å². The second kappa shape index (κ2) is 10.3. The summed E-state index contributed by atoms with van der Waals surface area (Å²) in [5.41, 5.74) is 1.78. The summed E-state index contributed by atoms with van der Waals surface area (Å²) in [5, 5.41) is 8.47. The van der Waals surface area contributed by atoms with Crippen LogP contribution in [0.4, 0.5) is 10.5 Å². The van der Waals surface area contributed by atoms with Gasteiger partial charge in [0.1, 0.15) is 6.04 Å². The van der Waals surface area contributed by atoms with Crippen molar-refractivity contribution in [2.24, 2.45) is 0 Å². The number of carbonyl (C=O) groups is 2. The van der Waals surface area contributed by atoms with Gasteiger partial charge in [0, 0.05) is 11.3 Å². The highest BCUT2D eigenvalue weighted by atomic mass is 32.2. The van der Waals surface area contributed by atoms with Crippen molar-refractivity contribution in [2.45, 2.75) is 50.6 Å². The van der Waals surface area contributed by atoms with E-state index < -0.39 is 28.5 Å². The lowest BCUT2D eigenvalue weighted by Gasteiger charge is -2.22. The van der Waals surface area contributed by atoms with Crippen molar-refractivity contribution < 1.29 is 27.3 Å². The second-order valence-corrected chi connectivity index (χ2v) is 9.56. The molecule has 0 saturated heterocycles. The number of hydrogen-bond acceptors (Lipinski definition) is 7. The highest BCUT2D eigenvalue weighted by Gasteiger charge is 2.29. The van der Waals surface area contributed by atoms with Crippen LogP contribution in [-0.2, 0) is 26.3 Å². The minimum absolute atomic E-state index is 0.217. The van der Waals surface area contributed by atoms with E-state index >= 15 is 0 Å². The van der Waals surface area contributed by atoms with Gasteiger partial charge in [-0.05, 0) is 43.4 Å². The van der Waals surface area contributed by atoms with Crippen molar-refractivity contribution in [1.29, 1.82) is 0 Å². The van der Waals surface area contributed by atoms with Crippen molar-refractivity contribution in [2.75, 3.05) is 11.8 Å². The van der Waals surface area contributed by atoms with E-state index in [0.717, 1.165) is 29.1 Å². The second-order valence-electron chi connectivity index (χ2n) is 7.52. The number of hydrogen-bond donors (Lipinski definition) is 4. The van der Waals surface area contributed by atoms with Crippen molar-refractivity contribution in [3.63, 3.8) is 0 Å². The van der Waals surface area contributed by atoms with Crippen LogP contribution in [0.2, 0.25) is 0 Å². The molecule has 1 saturated carbocycles. The number of rotatable bonds is 10. The number of benzene rings is 1. The van der Waals surface area contributed by atoms with Crippen molar-refractivity contribution in [3.05, 3.63) is 45.9 Å². The quantitative estimate of drug-likeness (QED) is 0.381. The highest BCUT2D eigenvalue weighted by molar-refractivity contribution is 7.87. The topological polar surface area (TPSA) is 147 Å². The summed E-state index contributed by atoms with van der Waals surface area (Å²) in [6.07, 6.45) is 2.34. The number of carbonyl (C=O) groups excluding carboxylic acids is 2. The molecule has 32 heavy (non-hydrogen) atoms. The molecule has 0 aliphatic heterocycles. The number of nitrogens with one attached hydrogen (secondary N) is 3. The molecule has 0 unspecified atom stereocenters. The van der Waals surface area contributed by atoms with Crippen LogP contribution >= 0.6 is 11.3 Å². The number of ether oxygens (including phenoxy) is 1. The number of amides is 2. The Balaban J connectivity index is 1.77. The molecule has 1 aromatic heterocycles. The van der Waals surface area contributed by atoms with E-state index in [0.29, 0.717) is 18.8 Å². The maximum Gasteiger partial charge on any atom is 0.407 e. The van der Waals surface area contributed by atoms with Crippen LogP contribution in [0.1, 0.15) is 54.4 Å². The molecule has 3 rings (SSSR count). The minimum Gasteiger partial charge on any atom is -0.453 e.